The first-order chi connectivity index (χ1) is 8.99. The summed E-state index contributed by atoms with van der Waals surface area (Å²) in [6, 6.07) is 3.16. The molecule has 3 N–H and O–H groups in total. The lowest BCUT2D eigenvalue weighted by Gasteiger charge is -2.20. The van der Waals surface area contributed by atoms with Gasteiger partial charge in [-0.05, 0) is 38.5 Å². The van der Waals surface area contributed by atoms with Gasteiger partial charge in [-0.25, -0.2) is 4.79 Å². The number of amides is 1. The van der Waals surface area contributed by atoms with Gasteiger partial charge in [0.2, 0.25) is 0 Å². The van der Waals surface area contributed by atoms with Crippen molar-refractivity contribution >= 4 is 11.8 Å². The van der Waals surface area contributed by atoms with E-state index in [0.29, 0.717) is 0 Å². The van der Waals surface area contributed by atoms with Crippen LogP contribution in [0.4, 0.5) is 23.7 Å². The molecule has 0 radical (unpaired) electrons. The number of benzene rings is 1. The van der Waals surface area contributed by atoms with E-state index >= 15 is 0 Å². The van der Waals surface area contributed by atoms with Gasteiger partial charge in [0.1, 0.15) is 11.6 Å². The SMILES string of the molecule is CC(C)(C)OC(=O)Nc1cccc([C@H](N)C(F)(F)F)c1. The second-order valence-corrected chi connectivity index (χ2v) is 5.27. The fourth-order valence-corrected chi connectivity index (χ4v) is 1.42. The number of halogens is 3. The van der Waals surface area contributed by atoms with Crippen LogP contribution in [0.5, 0.6) is 0 Å². The lowest BCUT2D eigenvalue weighted by atomic mass is 10.1. The van der Waals surface area contributed by atoms with Crippen LogP contribution in [0.3, 0.4) is 0 Å². The third-order valence-corrected chi connectivity index (χ3v) is 2.24. The minimum atomic E-state index is -4.54. The Morgan fingerprint density at radius 1 is 1.30 bits per heavy atom. The van der Waals surface area contributed by atoms with E-state index in [9.17, 15) is 18.0 Å². The minimum absolute atomic E-state index is 0.133. The largest absolute Gasteiger partial charge is 0.444 e. The maximum Gasteiger partial charge on any atom is 0.412 e. The van der Waals surface area contributed by atoms with Crippen LogP contribution in [0.1, 0.15) is 32.4 Å². The monoisotopic (exact) mass is 290 g/mol. The van der Waals surface area contributed by atoms with Crippen LogP contribution in [-0.2, 0) is 4.74 Å². The van der Waals surface area contributed by atoms with Crippen molar-refractivity contribution in [2.75, 3.05) is 5.32 Å². The molecule has 112 valence electrons. The van der Waals surface area contributed by atoms with E-state index in [0.717, 1.165) is 0 Å². The third-order valence-electron chi connectivity index (χ3n) is 2.24. The first-order valence-corrected chi connectivity index (χ1v) is 5.91. The molecular weight excluding hydrogens is 273 g/mol. The predicted molar refractivity (Wildman–Crippen MR) is 69.3 cm³/mol. The standard InChI is InChI=1S/C13H17F3N2O2/c1-12(2,3)20-11(19)18-9-6-4-5-8(7-9)10(17)13(14,15)16/h4-7,10H,17H2,1-3H3,(H,18,19)/t10-/m0/s1. The average Bonchev–Trinajstić information content (AvgIpc) is 2.24. The minimum Gasteiger partial charge on any atom is -0.444 e. The molecule has 0 unspecified atom stereocenters. The molecule has 1 amide bonds. The summed E-state index contributed by atoms with van der Waals surface area (Å²) in [4.78, 5) is 11.5. The average molecular weight is 290 g/mol. The molecule has 4 nitrogen and oxygen atoms in total. The van der Waals surface area contributed by atoms with Gasteiger partial charge in [-0.1, -0.05) is 12.1 Å². The highest BCUT2D eigenvalue weighted by atomic mass is 19.4. The molecule has 0 aliphatic carbocycles. The van der Waals surface area contributed by atoms with Crippen molar-refractivity contribution in [1.29, 1.82) is 0 Å². The molecule has 0 aliphatic heterocycles. The number of carbonyl (C=O) groups excluding carboxylic acids is 1. The van der Waals surface area contributed by atoms with E-state index in [1.807, 2.05) is 0 Å². The van der Waals surface area contributed by atoms with Gasteiger partial charge in [-0.15, -0.1) is 0 Å². The van der Waals surface area contributed by atoms with Crippen molar-refractivity contribution in [2.24, 2.45) is 5.73 Å². The van der Waals surface area contributed by atoms with E-state index in [-0.39, 0.29) is 11.3 Å². The fraction of sp³-hybridized carbons (Fsp3) is 0.462. The molecule has 0 spiro atoms. The van der Waals surface area contributed by atoms with Crippen molar-refractivity contribution in [3.8, 4) is 0 Å². The topological polar surface area (TPSA) is 64.3 Å². The summed E-state index contributed by atoms with van der Waals surface area (Å²) in [6.07, 6.45) is -5.28. The lowest BCUT2D eigenvalue weighted by Crippen LogP contribution is -2.29. The van der Waals surface area contributed by atoms with Crippen molar-refractivity contribution in [3.63, 3.8) is 0 Å². The van der Waals surface area contributed by atoms with E-state index in [2.05, 4.69) is 5.32 Å². The van der Waals surface area contributed by atoms with Crippen molar-refractivity contribution in [2.45, 2.75) is 38.6 Å². The molecule has 1 aromatic rings. The molecule has 0 saturated carbocycles. The fourth-order valence-electron chi connectivity index (χ4n) is 1.42. The molecule has 1 rings (SSSR count). The van der Waals surface area contributed by atoms with Crippen LogP contribution in [0.15, 0.2) is 24.3 Å². The maximum atomic E-state index is 12.5. The molecule has 20 heavy (non-hydrogen) atoms. The zero-order valence-corrected chi connectivity index (χ0v) is 11.4. The first-order valence-electron chi connectivity index (χ1n) is 5.91. The van der Waals surface area contributed by atoms with Gasteiger partial charge < -0.3 is 10.5 Å². The number of carbonyl (C=O) groups is 1. The molecule has 0 aliphatic rings. The summed E-state index contributed by atoms with van der Waals surface area (Å²) in [6.45, 7) is 5.05. The molecule has 1 aromatic carbocycles. The summed E-state index contributed by atoms with van der Waals surface area (Å²) >= 11 is 0. The normalized spacial score (nSPS) is 13.8. The summed E-state index contributed by atoms with van der Waals surface area (Å²) in [7, 11) is 0. The van der Waals surface area contributed by atoms with Crippen LogP contribution in [-0.4, -0.2) is 17.9 Å². The van der Waals surface area contributed by atoms with Gasteiger partial charge >= 0.3 is 12.3 Å². The van der Waals surface area contributed by atoms with Crippen molar-refractivity contribution in [3.05, 3.63) is 29.8 Å². The van der Waals surface area contributed by atoms with Gasteiger partial charge in [0.05, 0.1) is 0 Å². The zero-order chi connectivity index (χ0) is 15.6. The van der Waals surface area contributed by atoms with Gasteiger partial charge in [-0.2, -0.15) is 13.2 Å². The molecule has 7 heteroatoms. The zero-order valence-electron chi connectivity index (χ0n) is 11.4. The second-order valence-electron chi connectivity index (χ2n) is 5.27. The second kappa shape index (κ2) is 5.70. The lowest BCUT2D eigenvalue weighted by molar-refractivity contribution is -0.149. The van der Waals surface area contributed by atoms with E-state index < -0.39 is 23.9 Å². The molecular formula is C13H17F3N2O2. The molecule has 0 saturated heterocycles. The van der Waals surface area contributed by atoms with Gasteiger partial charge in [0.15, 0.2) is 0 Å². The molecule has 0 fully saturated rings. The Balaban J connectivity index is 2.82. The quantitative estimate of drug-likeness (QED) is 0.874. The van der Waals surface area contributed by atoms with Crippen molar-refractivity contribution in [1.82, 2.24) is 0 Å². The van der Waals surface area contributed by atoms with Crippen LogP contribution in [0.2, 0.25) is 0 Å². The number of hydrogen-bond donors (Lipinski definition) is 2. The molecule has 0 heterocycles. The van der Waals surface area contributed by atoms with Gasteiger partial charge in [-0.3, -0.25) is 5.32 Å². The Hall–Kier alpha value is -1.76. The van der Waals surface area contributed by atoms with Crippen LogP contribution < -0.4 is 11.1 Å². The van der Waals surface area contributed by atoms with Crippen LogP contribution in [0.25, 0.3) is 0 Å². The van der Waals surface area contributed by atoms with Crippen LogP contribution in [0, 0.1) is 0 Å². The van der Waals surface area contributed by atoms with Crippen LogP contribution >= 0.6 is 0 Å². The summed E-state index contributed by atoms with van der Waals surface area (Å²) in [5.41, 5.74) is 4.47. The van der Waals surface area contributed by atoms with E-state index in [1.165, 1.54) is 24.3 Å². The number of anilines is 1. The number of alkyl halides is 3. The summed E-state index contributed by atoms with van der Waals surface area (Å²) in [5, 5.41) is 2.36. The summed E-state index contributed by atoms with van der Waals surface area (Å²) in [5.74, 6) is 0. The Morgan fingerprint density at radius 2 is 1.90 bits per heavy atom. The van der Waals surface area contributed by atoms with Crippen molar-refractivity contribution < 1.29 is 22.7 Å². The number of nitrogens with two attached hydrogens (primary N) is 1. The number of rotatable bonds is 2. The Labute approximate surface area is 115 Å². The van der Waals surface area contributed by atoms with E-state index in [1.54, 1.807) is 20.8 Å². The first kappa shape index (κ1) is 16.3. The number of nitrogens with one attached hydrogen (secondary N) is 1. The highest BCUT2D eigenvalue weighted by molar-refractivity contribution is 5.84. The highest BCUT2D eigenvalue weighted by Gasteiger charge is 2.37. The Kier molecular flexibility index (Phi) is 4.65. The Morgan fingerprint density at radius 3 is 2.40 bits per heavy atom. The van der Waals surface area contributed by atoms with Gasteiger partial charge in [0, 0.05) is 5.69 Å². The predicted octanol–water partition coefficient (Wildman–Crippen LogP) is 3.60. The third kappa shape index (κ3) is 5.08. The van der Waals surface area contributed by atoms with E-state index in [4.69, 9.17) is 10.5 Å². The summed E-state index contributed by atoms with van der Waals surface area (Å²) < 4.78 is 42.5. The number of ether oxygens (including phenoxy) is 1. The maximum absolute atomic E-state index is 12.5. The molecule has 0 aromatic heterocycles. The number of hydrogen-bond acceptors (Lipinski definition) is 3. The Bertz CT molecular complexity index is 481. The molecule has 0 bridgehead atoms. The highest BCUT2D eigenvalue weighted by Crippen LogP contribution is 2.31. The molecule has 1 atom stereocenters. The van der Waals surface area contributed by atoms with Gasteiger partial charge in [0.25, 0.3) is 0 Å². The smallest absolute Gasteiger partial charge is 0.412 e.